The molecule has 0 aliphatic carbocycles. The van der Waals surface area contributed by atoms with Gasteiger partial charge in [0.1, 0.15) is 6.10 Å². The second kappa shape index (κ2) is 6.39. The molecular formula is C14H20O3S2. The normalized spacial score (nSPS) is 29.4. The maximum Gasteiger partial charge on any atom is 0.161 e. The number of hydrogen-bond donors (Lipinski definition) is 1. The summed E-state index contributed by atoms with van der Waals surface area (Å²) in [4.78, 5) is -0.793. The number of aliphatic hydroxyl groups is 1. The lowest BCUT2D eigenvalue weighted by atomic mass is 10.0. The van der Waals surface area contributed by atoms with E-state index in [0.717, 1.165) is 18.4 Å². The van der Waals surface area contributed by atoms with E-state index < -0.39 is 22.1 Å². The van der Waals surface area contributed by atoms with E-state index in [9.17, 15) is 9.32 Å². The van der Waals surface area contributed by atoms with Crippen molar-refractivity contribution in [1.82, 2.24) is 0 Å². The SMILES string of the molecule is CC(C)SC1(C(O)c2ccccc2)CCCS(=O)O1. The second-order valence-corrected chi connectivity index (χ2v) is 8.04. The molecule has 1 aromatic carbocycles. The Kier molecular flexibility index (Phi) is 5.06. The summed E-state index contributed by atoms with van der Waals surface area (Å²) in [6, 6.07) is 9.47. The lowest BCUT2D eigenvalue weighted by Gasteiger charge is -2.40. The minimum absolute atomic E-state index is 0.300. The fraction of sp³-hybridized carbons (Fsp3) is 0.571. The van der Waals surface area contributed by atoms with Gasteiger partial charge in [0.2, 0.25) is 0 Å². The van der Waals surface area contributed by atoms with Gasteiger partial charge in [-0.25, -0.2) is 4.21 Å². The zero-order valence-electron chi connectivity index (χ0n) is 11.2. The van der Waals surface area contributed by atoms with Crippen molar-refractivity contribution in [3.05, 3.63) is 35.9 Å². The third-order valence-electron chi connectivity index (χ3n) is 3.04. The first-order valence-electron chi connectivity index (χ1n) is 6.52. The summed E-state index contributed by atoms with van der Waals surface area (Å²) in [7, 11) is 0. The van der Waals surface area contributed by atoms with E-state index in [2.05, 4.69) is 13.8 Å². The van der Waals surface area contributed by atoms with Crippen molar-refractivity contribution in [2.75, 3.05) is 5.75 Å². The largest absolute Gasteiger partial charge is 0.384 e. The maximum atomic E-state index is 11.8. The quantitative estimate of drug-likeness (QED) is 0.928. The highest BCUT2D eigenvalue weighted by Gasteiger charge is 2.45. The molecule has 2 rings (SSSR count). The zero-order valence-corrected chi connectivity index (χ0v) is 12.9. The first-order chi connectivity index (χ1) is 9.03. The van der Waals surface area contributed by atoms with Crippen molar-refractivity contribution in [3.63, 3.8) is 0 Å². The van der Waals surface area contributed by atoms with E-state index in [0.29, 0.717) is 11.0 Å². The van der Waals surface area contributed by atoms with Crippen LogP contribution in [0.3, 0.4) is 0 Å². The molecule has 3 nitrogen and oxygen atoms in total. The third-order valence-corrected chi connectivity index (χ3v) is 5.63. The molecule has 0 bridgehead atoms. The van der Waals surface area contributed by atoms with Gasteiger partial charge in [-0.1, -0.05) is 44.2 Å². The molecule has 0 radical (unpaired) electrons. The summed E-state index contributed by atoms with van der Waals surface area (Å²) in [6.45, 7) is 4.12. The summed E-state index contributed by atoms with van der Waals surface area (Å²) < 4.78 is 17.4. The van der Waals surface area contributed by atoms with E-state index in [1.54, 1.807) is 11.8 Å². The molecule has 106 valence electrons. The molecule has 0 spiro atoms. The minimum Gasteiger partial charge on any atom is -0.384 e. The highest BCUT2D eigenvalue weighted by Crippen LogP contribution is 2.47. The van der Waals surface area contributed by atoms with Crippen molar-refractivity contribution in [2.24, 2.45) is 0 Å². The summed E-state index contributed by atoms with van der Waals surface area (Å²) in [5.41, 5.74) is 0.814. The van der Waals surface area contributed by atoms with Crippen molar-refractivity contribution >= 4 is 22.8 Å². The molecule has 1 aromatic rings. The van der Waals surface area contributed by atoms with Crippen LogP contribution in [0.2, 0.25) is 0 Å². The van der Waals surface area contributed by atoms with Crippen LogP contribution in [-0.4, -0.2) is 25.3 Å². The van der Waals surface area contributed by atoms with E-state index in [1.807, 2.05) is 30.3 Å². The number of aliphatic hydroxyl groups excluding tert-OH is 1. The van der Waals surface area contributed by atoms with E-state index in [4.69, 9.17) is 4.18 Å². The molecule has 1 aliphatic heterocycles. The zero-order chi connectivity index (χ0) is 13.9. The maximum absolute atomic E-state index is 11.8. The van der Waals surface area contributed by atoms with Gasteiger partial charge < -0.3 is 5.11 Å². The predicted molar refractivity (Wildman–Crippen MR) is 80.2 cm³/mol. The Morgan fingerprint density at radius 3 is 2.63 bits per heavy atom. The minimum atomic E-state index is -1.30. The topological polar surface area (TPSA) is 46.5 Å². The molecule has 1 aliphatic rings. The van der Waals surface area contributed by atoms with Crippen LogP contribution in [0.15, 0.2) is 30.3 Å². The highest BCUT2D eigenvalue weighted by atomic mass is 32.2. The Labute approximate surface area is 121 Å². The Morgan fingerprint density at radius 2 is 2.05 bits per heavy atom. The van der Waals surface area contributed by atoms with Gasteiger partial charge in [-0.3, -0.25) is 4.18 Å². The summed E-state index contributed by atoms with van der Waals surface area (Å²) in [5.74, 6) is 0.557. The summed E-state index contributed by atoms with van der Waals surface area (Å²) in [5, 5.41) is 11.0. The molecule has 1 heterocycles. The van der Waals surface area contributed by atoms with Gasteiger partial charge in [0.15, 0.2) is 16.0 Å². The van der Waals surface area contributed by atoms with Gasteiger partial charge in [0, 0.05) is 11.0 Å². The monoisotopic (exact) mass is 300 g/mol. The van der Waals surface area contributed by atoms with Crippen LogP contribution in [0.5, 0.6) is 0 Å². The van der Waals surface area contributed by atoms with Gasteiger partial charge >= 0.3 is 0 Å². The summed E-state index contributed by atoms with van der Waals surface area (Å²) >= 11 is 0.263. The molecule has 1 saturated heterocycles. The molecule has 0 amide bonds. The smallest absolute Gasteiger partial charge is 0.161 e. The second-order valence-electron chi connectivity index (χ2n) is 4.99. The van der Waals surface area contributed by atoms with Crippen LogP contribution in [0.4, 0.5) is 0 Å². The molecule has 0 saturated carbocycles. The van der Waals surface area contributed by atoms with Crippen LogP contribution in [0.25, 0.3) is 0 Å². The molecular weight excluding hydrogens is 280 g/mol. The molecule has 5 heteroatoms. The Hall–Kier alpha value is -0.360. The number of benzene rings is 1. The molecule has 3 atom stereocenters. The van der Waals surface area contributed by atoms with Gasteiger partial charge in [0.05, 0.1) is 0 Å². The van der Waals surface area contributed by atoms with Crippen LogP contribution in [0.1, 0.15) is 38.4 Å². The van der Waals surface area contributed by atoms with Gasteiger partial charge in [-0.2, -0.15) is 0 Å². The van der Waals surface area contributed by atoms with E-state index in [-0.39, 0.29) is 0 Å². The number of hydrogen-bond acceptors (Lipinski definition) is 4. The Balaban J connectivity index is 2.29. The number of rotatable bonds is 4. The van der Waals surface area contributed by atoms with Gasteiger partial charge in [-0.05, 0) is 18.4 Å². The summed E-state index contributed by atoms with van der Waals surface area (Å²) in [6.07, 6.45) is 0.777. The molecule has 0 aromatic heterocycles. The fourth-order valence-electron chi connectivity index (χ4n) is 2.29. The molecule has 19 heavy (non-hydrogen) atoms. The molecule has 3 unspecified atom stereocenters. The van der Waals surface area contributed by atoms with Crippen LogP contribution in [-0.2, 0) is 15.3 Å². The van der Waals surface area contributed by atoms with E-state index >= 15 is 0 Å². The molecule has 1 fully saturated rings. The van der Waals surface area contributed by atoms with Crippen molar-refractivity contribution in [3.8, 4) is 0 Å². The van der Waals surface area contributed by atoms with Crippen molar-refractivity contribution in [2.45, 2.75) is 43.0 Å². The fourth-order valence-corrected chi connectivity index (χ4v) is 4.95. The lowest BCUT2D eigenvalue weighted by Crippen LogP contribution is -2.41. The standard InChI is InChI=1S/C14H20O3S2/c1-11(2)18-14(9-6-10-19(16)17-14)13(15)12-7-4-3-5-8-12/h3-5,7-8,11,13,15H,6,9-10H2,1-2H3. The first-order valence-corrected chi connectivity index (χ1v) is 8.64. The van der Waals surface area contributed by atoms with Crippen LogP contribution in [0, 0.1) is 0 Å². The van der Waals surface area contributed by atoms with E-state index in [1.165, 1.54) is 0 Å². The lowest BCUT2D eigenvalue weighted by molar-refractivity contribution is 0.00677. The third kappa shape index (κ3) is 3.60. The van der Waals surface area contributed by atoms with Gasteiger partial charge in [0.25, 0.3) is 0 Å². The van der Waals surface area contributed by atoms with Crippen LogP contribution >= 0.6 is 11.8 Å². The molecule has 1 N–H and O–H groups in total. The first kappa shape index (κ1) is 15.0. The Bertz CT molecular complexity index is 436. The average molecular weight is 300 g/mol. The van der Waals surface area contributed by atoms with Crippen LogP contribution < -0.4 is 0 Å². The van der Waals surface area contributed by atoms with Crippen molar-refractivity contribution in [1.29, 1.82) is 0 Å². The number of thioether (sulfide) groups is 1. The average Bonchev–Trinajstić information content (AvgIpc) is 2.38. The van der Waals surface area contributed by atoms with Crippen molar-refractivity contribution < 1.29 is 13.5 Å². The Morgan fingerprint density at radius 1 is 1.37 bits per heavy atom. The predicted octanol–water partition coefficient (Wildman–Crippen LogP) is 3.03. The highest BCUT2D eigenvalue weighted by molar-refractivity contribution is 8.01. The van der Waals surface area contributed by atoms with Gasteiger partial charge in [-0.15, -0.1) is 11.8 Å².